The fourth-order valence-electron chi connectivity index (χ4n) is 2.45. The number of ether oxygens (including phenoxy) is 1. The number of carbonyl (C=O) groups excluding carboxylic acids is 2. The van der Waals surface area contributed by atoms with Gasteiger partial charge in [-0.25, -0.2) is 18.3 Å². The maximum Gasteiger partial charge on any atom is 0.343 e. The molecule has 3 rings (SSSR count). The van der Waals surface area contributed by atoms with Crippen LogP contribution in [0.4, 0.5) is 14.5 Å². The Morgan fingerprint density at radius 1 is 1.14 bits per heavy atom. The first-order chi connectivity index (χ1) is 13.3. The van der Waals surface area contributed by atoms with Gasteiger partial charge < -0.3 is 10.1 Å². The van der Waals surface area contributed by atoms with E-state index in [-0.39, 0.29) is 22.1 Å². The first kappa shape index (κ1) is 19.5. The van der Waals surface area contributed by atoms with Crippen molar-refractivity contribution in [2.45, 2.75) is 6.92 Å². The van der Waals surface area contributed by atoms with Gasteiger partial charge in [0, 0.05) is 5.69 Å². The van der Waals surface area contributed by atoms with Gasteiger partial charge in [0.2, 0.25) is 0 Å². The average Bonchev–Trinajstić information content (AvgIpc) is 2.95. The molecule has 0 aliphatic rings. The average molecular weight is 406 g/mol. The molecule has 0 saturated carbocycles. The number of nitrogens with zero attached hydrogens (tertiary/aromatic N) is 2. The van der Waals surface area contributed by atoms with Gasteiger partial charge in [0.1, 0.15) is 22.4 Å². The number of halogens is 3. The topological polar surface area (TPSA) is 73.2 Å². The summed E-state index contributed by atoms with van der Waals surface area (Å²) in [6.07, 6.45) is 0. The van der Waals surface area contributed by atoms with E-state index in [1.54, 1.807) is 6.92 Å². The second-order valence-electron chi connectivity index (χ2n) is 5.77. The molecule has 0 unspecified atom stereocenters. The molecule has 9 heteroatoms. The number of aryl methyl sites for hydroxylation is 1. The monoisotopic (exact) mass is 405 g/mol. The lowest BCUT2D eigenvalue weighted by Crippen LogP contribution is -2.21. The van der Waals surface area contributed by atoms with Gasteiger partial charge in [-0.1, -0.05) is 17.7 Å². The molecular formula is C19H14ClF2N3O3. The highest BCUT2D eigenvalue weighted by molar-refractivity contribution is 6.33. The Hall–Kier alpha value is -3.26. The Kier molecular flexibility index (Phi) is 5.70. The van der Waals surface area contributed by atoms with E-state index < -0.39 is 30.1 Å². The zero-order valence-corrected chi connectivity index (χ0v) is 15.3. The van der Waals surface area contributed by atoms with Crippen molar-refractivity contribution in [2.24, 2.45) is 0 Å². The minimum atomic E-state index is -0.842. The van der Waals surface area contributed by atoms with Crippen molar-refractivity contribution in [1.82, 2.24) is 9.78 Å². The van der Waals surface area contributed by atoms with Crippen molar-refractivity contribution in [2.75, 3.05) is 11.9 Å². The van der Waals surface area contributed by atoms with Crippen LogP contribution in [0.2, 0.25) is 5.15 Å². The largest absolute Gasteiger partial charge is 0.452 e. The summed E-state index contributed by atoms with van der Waals surface area (Å²) >= 11 is 6.22. The Labute approximate surface area is 163 Å². The Morgan fingerprint density at radius 2 is 1.86 bits per heavy atom. The zero-order valence-electron chi connectivity index (χ0n) is 14.6. The van der Waals surface area contributed by atoms with Crippen molar-refractivity contribution in [3.8, 4) is 5.69 Å². The van der Waals surface area contributed by atoms with Gasteiger partial charge in [0.05, 0.1) is 11.4 Å². The third kappa shape index (κ3) is 4.34. The standard InChI is InChI=1S/C19H14ClF2N3O3/c1-11-17(18(20)25(24-11)15-7-5-12(21)6-8-15)19(27)28-10-16(26)23-14-4-2-3-13(22)9-14/h2-9H,10H2,1H3,(H,23,26). The van der Waals surface area contributed by atoms with Gasteiger partial charge in [0.25, 0.3) is 5.91 Å². The molecule has 0 fully saturated rings. The van der Waals surface area contributed by atoms with Crippen LogP contribution >= 0.6 is 11.6 Å². The predicted molar refractivity (Wildman–Crippen MR) is 98.6 cm³/mol. The SMILES string of the molecule is Cc1nn(-c2ccc(F)cc2)c(Cl)c1C(=O)OCC(=O)Nc1cccc(F)c1. The summed E-state index contributed by atoms with van der Waals surface area (Å²) in [4.78, 5) is 24.2. The minimum absolute atomic E-state index is 0.00968. The lowest BCUT2D eigenvalue weighted by atomic mass is 10.2. The molecule has 28 heavy (non-hydrogen) atoms. The highest BCUT2D eigenvalue weighted by Crippen LogP contribution is 2.24. The lowest BCUT2D eigenvalue weighted by Gasteiger charge is -2.07. The summed E-state index contributed by atoms with van der Waals surface area (Å²) in [5.41, 5.74) is 0.964. The zero-order chi connectivity index (χ0) is 20.3. The van der Waals surface area contributed by atoms with E-state index in [4.69, 9.17) is 16.3 Å². The molecule has 1 amide bonds. The van der Waals surface area contributed by atoms with E-state index >= 15 is 0 Å². The molecule has 6 nitrogen and oxygen atoms in total. The van der Waals surface area contributed by atoms with Crippen LogP contribution < -0.4 is 5.32 Å². The summed E-state index contributed by atoms with van der Waals surface area (Å²) in [5, 5.41) is 6.54. The van der Waals surface area contributed by atoms with Crippen LogP contribution in [0.15, 0.2) is 48.5 Å². The van der Waals surface area contributed by atoms with Crippen LogP contribution in [0.1, 0.15) is 16.1 Å². The van der Waals surface area contributed by atoms with Crippen molar-refractivity contribution in [1.29, 1.82) is 0 Å². The fraction of sp³-hybridized carbons (Fsp3) is 0.105. The summed E-state index contributed by atoms with van der Waals surface area (Å²) in [5.74, 6) is -2.41. The highest BCUT2D eigenvalue weighted by Gasteiger charge is 2.23. The van der Waals surface area contributed by atoms with Gasteiger partial charge in [0.15, 0.2) is 6.61 Å². The summed E-state index contributed by atoms with van der Waals surface area (Å²) in [7, 11) is 0. The number of nitrogens with one attached hydrogen (secondary N) is 1. The molecule has 1 N–H and O–H groups in total. The molecule has 0 radical (unpaired) electrons. The second-order valence-corrected chi connectivity index (χ2v) is 6.13. The predicted octanol–water partition coefficient (Wildman–Crippen LogP) is 3.91. The smallest absolute Gasteiger partial charge is 0.343 e. The molecule has 1 heterocycles. The molecule has 3 aromatic rings. The van der Waals surface area contributed by atoms with Crippen molar-refractivity contribution >= 4 is 29.2 Å². The fourth-order valence-corrected chi connectivity index (χ4v) is 2.80. The van der Waals surface area contributed by atoms with Crippen molar-refractivity contribution < 1.29 is 23.1 Å². The molecule has 0 spiro atoms. The molecule has 0 aliphatic carbocycles. The van der Waals surface area contributed by atoms with Gasteiger partial charge >= 0.3 is 5.97 Å². The molecule has 2 aromatic carbocycles. The maximum absolute atomic E-state index is 13.1. The minimum Gasteiger partial charge on any atom is -0.452 e. The molecule has 1 aromatic heterocycles. The Morgan fingerprint density at radius 3 is 2.54 bits per heavy atom. The van der Waals surface area contributed by atoms with Crippen molar-refractivity contribution in [3.63, 3.8) is 0 Å². The van der Waals surface area contributed by atoms with E-state index in [1.165, 1.54) is 47.1 Å². The Balaban J connectivity index is 1.69. The number of aromatic nitrogens is 2. The number of hydrogen-bond donors (Lipinski definition) is 1. The van der Waals surface area contributed by atoms with E-state index in [1.807, 2.05) is 0 Å². The van der Waals surface area contributed by atoms with Crippen LogP contribution in [0.3, 0.4) is 0 Å². The highest BCUT2D eigenvalue weighted by atomic mass is 35.5. The summed E-state index contributed by atoms with van der Waals surface area (Å²) < 4.78 is 32.4. The number of benzene rings is 2. The van der Waals surface area contributed by atoms with E-state index in [0.717, 1.165) is 6.07 Å². The van der Waals surface area contributed by atoms with Crippen LogP contribution in [-0.2, 0) is 9.53 Å². The normalized spacial score (nSPS) is 10.6. The summed E-state index contributed by atoms with van der Waals surface area (Å²) in [6.45, 7) is 0.960. The Bertz CT molecular complexity index is 1040. The van der Waals surface area contributed by atoms with Crippen LogP contribution in [0.5, 0.6) is 0 Å². The van der Waals surface area contributed by atoms with E-state index in [2.05, 4.69) is 10.4 Å². The van der Waals surface area contributed by atoms with Gasteiger partial charge in [-0.05, 0) is 49.4 Å². The van der Waals surface area contributed by atoms with Crippen LogP contribution in [0, 0.1) is 18.6 Å². The van der Waals surface area contributed by atoms with E-state index in [0.29, 0.717) is 5.69 Å². The summed E-state index contributed by atoms with van der Waals surface area (Å²) in [6, 6.07) is 10.7. The first-order valence-corrected chi connectivity index (χ1v) is 8.46. The molecule has 0 saturated heterocycles. The van der Waals surface area contributed by atoms with Gasteiger partial charge in [-0.3, -0.25) is 4.79 Å². The second kappa shape index (κ2) is 8.18. The molecule has 0 atom stereocenters. The third-order valence-electron chi connectivity index (χ3n) is 3.72. The van der Waals surface area contributed by atoms with Crippen LogP contribution in [0.25, 0.3) is 5.69 Å². The number of rotatable bonds is 5. The van der Waals surface area contributed by atoms with E-state index in [9.17, 15) is 18.4 Å². The molecular weight excluding hydrogens is 392 g/mol. The number of anilines is 1. The number of hydrogen-bond acceptors (Lipinski definition) is 4. The first-order valence-electron chi connectivity index (χ1n) is 8.09. The third-order valence-corrected chi connectivity index (χ3v) is 4.07. The van der Waals surface area contributed by atoms with Crippen LogP contribution in [-0.4, -0.2) is 28.3 Å². The molecule has 144 valence electrons. The van der Waals surface area contributed by atoms with Gasteiger partial charge in [-0.2, -0.15) is 5.10 Å². The number of esters is 1. The van der Waals surface area contributed by atoms with Crippen molar-refractivity contribution in [3.05, 3.63) is 76.6 Å². The quantitative estimate of drug-likeness (QED) is 0.653. The van der Waals surface area contributed by atoms with Gasteiger partial charge in [-0.15, -0.1) is 0 Å². The maximum atomic E-state index is 13.1. The molecule has 0 bridgehead atoms. The molecule has 0 aliphatic heterocycles. The lowest BCUT2D eigenvalue weighted by molar-refractivity contribution is -0.119. The number of carbonyl (C=O) groups is 2. The number of amides is 1.